The summed E-state index contributed by atoms with van der Waals surface area (Å²) in [7, 11) is -3.13. The van der Waals surface area contributed by atoms with Gasteiger partial charge in [0.05, 0.1) is 6.26 Å². The highest BCUT2D eigenvalue weighted by atomic mass is 32.2. The van der Waals surface area contributed by atoms with Crippen LogP contribution in [0.25, 0.3) is 0 Å². The molecule has 0 unspecified atom stereocenters. The fourth-order valence-electron chi connectivity index (χ4n) is 3.01. The van der Waals surface area contributed by atoms with Gasteiger partial charge in [-0.15, -0.1) is 0 Å². The Morgan fingerprint density at radius 3 is 2.09 bits per heavy atom. The van der Waals surface area contributed by atoms with Crippen LogP contribution in [0, 0.1) is 5.92 Å². The molecule has 1 N–H and O–H groups in total. The van der Waals surface area contributed by atoms with Gasteiger partial charge in [-0.05, 0) is 40.5 Å². The molecule has 1 aliphatic rings. The molecular weight excluding hydrogens is 302 g/mol. The van der Waals surface area contributed by atoms with Crippen molar-refractivity contribution in [3.63, 3.8) is 0 Å². The van der Waals surface area contributed by atoms with Crippen LogP contribution in [0.5, 0.6) is 0 Å². The molecule has 1 amide bonds. The van der Waals surface area contributed by atoms with Crippen LogP contribution in [0.15, 0.2) is 0 Å². The maximum absolute atomic E-state index is 12.2. The Balaban J connectivity index is 2.35. The number of hydrogen-bond donors (Lipinski definition) is 1. The minimum atomic E-state index is -3.13. The summed E-state index contributed by atoms with van der Waals surface area (Å²) in [5, 5.41) is 3.00. The van der Waals surface area contributed by atoms with E-state index in [-0.39, 0.29) is 11.8 Å². The predicted molar refractivity (Wildman–Crippen MR) is 89.1 cm³/mol. The maximum Gasteiger partial charge on any atom is 0.223 e. The molecule has 1 aliphatic heterocycles. The molecule has 0 atom stereocenters. The van der Waals surface area contributed by atoms with E-state index in [2.05, 4.69) is 37.9 Å². The average molecular weight is 333 g/mol. The third-order valence-corrected chi connectivity index (χ3v) is 5.59. The molecule has 0 radical (unpaired) electrons. The molecule has 22 heavy (non-hydrogen) atoms. The SMILES string of the molecule is CC(C)N(CCNC(=O)C1CCN(S(C)(=O)=O)CC1)C(C)C. The predicted octanol–water partition coefficient (Wildman–Crippen LogP) is 0.893. The van der Waals surface area contributed by atoms with Crippen LogP contribution in [-0.2, 0) is 14.8 Å². The first-order chi connectivity index (χ1) is 10.1. The van der Waals surface area contributed by atoms with Crippen LogP contribution in [0.4, 0.5) is 0 Å². The number of hydrogen-bond acceptors (Lipinski definition) is 4. The Morgan fingerprint density at radius 1 is 1.18 bits per heavy atom. The summed E-state index contributed by atoms with van der Waals surface area (Å²) in [5.41, 5.74) is 0. The maximum atomic E-state index is 12.2. The van der Waals surface area contributed by atoms with Gasteiger partial charge in [0.25, 0.3) is 0 Å². The quantitative estimate of drug-likeness (QED) is 0.751. The molecular formula is C15H31N3O3S. The van der Waals surface area contributed by atoms with Crippen LogP contribution in [0.2, 0.25) is 0 Å². The van der Waals surface area contributed by atoms with E-state index in [1.54, 1.807) is 0 Å². The van der Waals surface area contributed by atoms with Gasteiger partial charge in [0, 0.05) is 44.2 Å². The summed E-state index contributed by atoms with van der Waals surface area (Å²) < 4.78 is 24.4. The van der Waals surface area contributed by atoms with Gasteiger partial charge in [-0.25, -0.2) is 12.7 Å². The second-order valence-electron chi connectivity index (χ2n) is 6.65. The first-order valence-electron chi connectivity index (χ1n) is 8.11. The van der Waals surface area contributed by atoms with Gasteiger partial charge in [-0.1, -0.05) is 0 Å². The highest BCUT2D eigenvalue weighted by molar-refractivity contribution is 7.88. The van der Waals surface area contributed by atoms with E-state index >= 15 is 0 Å². The number of piperidine rings is 1. The highest BCUT2D eigenvalue weighted by Crippen LogP contribution is 2.19. The third kappa shape index (κ3) is 5.85. The Labute approximate surface area is 135 Å². The zero-order valence-electron chi connectivity index (χ0n) is 14.5. The molecule has 1 heterocycles. The molecule has 1 fully saturated rings. The topological polar surface area (TPSA) is 69.7 Å². The number of amides is 1. The molecule has 0 aromatic carbocycles. The summed E-state index contributed by atoms with van der Waals surface area (Å²) in [4.78, 5) is 14.5. The fourth-order valence-corrected chi connectivity index (χ4v) is 3.89. The molecule has 1 rings (SSSR count). The van der Waals surface area contributed by atoms with Crippen molar-refractivity contribution in [3.8, 4) is 0 Å². The standard InChI is InChI=1S/C15H31N3O3S/c1-12(2)18(13(3)4)11-8-16-15(19)14-6-9-17(10-7-14)22(5,20)21/h12-14H,6-11H2,1-5H3,(H,16,19). The van der Waals surface area contributed by atoms with E-state index in [4.69, 9.17) is 0 Å². The lowest BCUT2D eigenvalue weighted by atomic mass is 9.97. The third-order valence-electron chi connectivity index (χ3n) is 4.29. The fraction of sp³-hybridized carbons (Fsp3) is 0.933. The van der Waals surface area contributed by atoms with E-state index < -0.39 is 10.0 Å². The Bertz CT molecular complexity index is 447. The van der Waals surface area contributed by atoms with Crippen LogP contribution in [0.3, 0.4) is 0 Å². The van der Waals surface area contributed by atoms with Crippen molar-refractivity contribution in [2.24, 2.45) is 5.92 Å². The average Bonchev–Trinajstić information content (AvgIpc) is 2.41. The van der Waals surface area contributed by atoms with E-state index in [1.807, 2.05) is 0 Å². The minimum absolute atomic E-state index is 0.0561. The van der Waals surface area contributed by atoms with Gasteiger partial charge in [-0.3, -0.25) is 9.69 Å². The normalized spacial score (nSPS) is 18.4. The van der Waals surface area contributed by atoms with Crippen LogP contribution < -0.4 is 5.32 Å². The van der Waals surface area contributed by atoms with Crippen molar-refractivity contribution in [1.29, 1.82) is 0 Å². The smallest absolute Gasteiger partial charge is 0.223 e. The van der Waals surface area contributed by atoms with Crippen molar-refractivity contribution in [3.05, 3.63) is 0 Å². The first-order valence-corrected chi connectivity index (χ1v) is 9.96. The number of rotatable bonds is 7. The van der Waals surface area contributed by atoms with Crippen molar-refractivity contribution in [2.75, 3.05) is 32.4 Å². The Kier molecular flexibility index (Phi) is 7.28. The zero-order chi connectivity index (χ0) is 16.9. The van der Waals surface area contributed by atoms with Crippen molar-refractivity contribution in [1.82, 2.24) is 14.5 Å². The molecule has 0 aromatic heterocycles. The lowest BCUT2D eigenvalue weighted by Gasteiger charge is -2.31. The van der Waals surface area contributed by atoms with Crippen molar-refractivity contribution >= 4 is 15.9 Å². The molecule has 0 saturated carbocycles. The van der Waals surface area contributed by atoms with Crippen molar-refractivity contribution in [2.45, 2.75) is 52.6 Å². The number of nitrogens with one attached hydrogen (secondary N) is 1. The lowest BCUT2D eigenvalue weighted by molar-refractivity contribution is -0.126. The first kappa shape index (κ1) is 19.4. The van der Waals surface area contributed by atoms with E-state index in [0.717, 1.165) is 6.54 Å². The van der Waals surface area contributed by atoms with Gasteiger partial charge >= 0.3 is 0 Å². The zero-order valence-corrected chi connectivity index (χ0v) is 15.3. The molecule has 6 nitrogen and oxygen atoms in total. The van der Waals surface area contributed by atoms with Crippen LogP contribution in [0.1, 0.15) is 40.5 Å². The monoisotopic (exact) mass is 333 g/mol. The summed E-state index contributed by atoms with van der Waals surface area (Å²) in [6.45, 7) is 11.0. The van der Waals surface area contributed by atoms with Gasteiger partial charge in [0.15, 0.2) is 0 Å². The molecule has 0 aliphatic carbocycles. The Morgan fingerprint density at radius 2 is 1.68 bits per heavy atom. The molecule has 0 aromatic rings. The Hall–Kier alpha value is -0.660. The molecule has 0 bridgehead atoms. The second-order valence-corrected chi connectivity index (χ2v) is 8.64. The largest absolute Gasteiger partial charge is 0.355 e. The van der Waals surface area contributed by atoms with E-state index in [1.165, 1.54) is 10.6 Å². The van der Waals surface area contributed by atoms with Gasteiger partial charge < -0.3 is 5.32 Å². The number of nitrogens with zero attached hydrogens (tertiary/aromatic N) is 2. The summed E-state index contributed by atoms with van der Waals surface area (Å²) in [6.07, 6.45) is 2.44. The summed E-state index contributed by atoms with van der Waals surface area (Å²) in [6, 6.07) is 0.907. The lowest BCUT2D eigenvalue weighted by Crippen LogP contribution is -2.45. The minimum Gasteiger partial charge on any atom is -0.355 e. The summed E-state index contributed by atoms with van der Waals surface area (Å²) >= 11 is 0. The molecule has 0 spiro atoms. The van der Waals surface area contributed by atoms with Gasteiger partial charge in [-0.2, -0.15) is 0 Å². The number of carbonyl (C=O) groups is 1. The van der Waals surface area contributed by atoms with Gasteiger partial charge in [0.2, 0.25) is 15.9 Å². The van der Waals surface area contributed by atoms with Crippen LogP contribution in [-0.4, -0.2) is 68.0 Å². The van der Waals surface area contributed by atoms with E-state index in [0.29, 0.717) is 44.6 Å². The molecule has 7 heteroatoms. The summed E-state index contributed by atoms with van der Waals surface area (Å²) in [5.74, 6) is -0.00911. The highest BCUT2D eigenvalue weighted by Gasteiger charge is 2.28. The van der Waals surface area contributed by atoms with E-state index in [9.17, 15) is 13.2 Å². The number of sulfonamides is 1. The molecule has 130 valence electrons. The molecule has 1 saturated heterocycles. The van der Waals surface area contributed by atoms with Gasteiger partial charge in [0.1, 0.15) is 0 Å². The number of carbonyl (C=O) groups excluding carboxylic acids is 1. The second kappa shape index (κ2) is 8.26. The van der Waals surface area contributed by atoms with Crippen LogP contribution >= 0.6 is 0 Å². The van der Waals surface area contributed by atoms with Crippen molar-refractivity contribution < 1.29 is 13.2 Å².